The van der Waals surface area contributed by atoms with Crippen LogP contribution in [-0.2, 0) is 0 Å². The topological polar surface area (TPSA) is 12.0 Å². The van der Waals surface area contributed by atoms with Crippen molar-refractivity contribution in [3.05, 3.63) is 0 Å². The SMILES string of the molecule is CCCNCC(CC)(CC)CC(C)C. The molecule has 1 N–H and O–H groups in total. The van der Waals surface area contributed by atoms with Gasteiger partial charge in [-0.2, -0.15) is 0 Å². The fraction of sp³-hybridized carbons (Fsp3) is 1.00. The van der Waals surface area contributed by atoms with Gasteiger partial charge in [0, 0.05) is 6.54 Å². The number of nitrogens with one attached hydrogen (secondary N) is 1. The molecular weight excluding hydrogens is 170 g/mol. The molecule has 0 heterocycles. The minimum Gasteiger partial charge on any atom is -0.316 e. The van der Waals surface area contributed by atoms with Crippen LogP contribution in [0.15, 0.2) is 0 Å². The van der Waals surface area contributed by atoms with Gasteiger partial charge in [-0.05, 0) is 43.6 Å². The summed E-state index contributed by atoms with van der Waals surface area (Å²) in [4.78, 5) is 0. The quantitative estimate of drug-likeness (QED) is 0.586. The molecule has 0 amide bonds. The average molecular weight is 199 g/mol. The lowest BCUT2D eigenvalue weighted by molar-refractivity contribution is 0.199. The molecule has 0 aliphatic rings. The van der Waals surface area contributed by atoms with Crippen LogP contribution in [0.25, 0.3) is 0 Å². The number of rotatable bonds is 8. The van der Waals surface area contributed by atoms with Crippen molar-refractivity contribution in [1.29, 1.82) is 0 Å². The van der Waals surface area contributed by atoms with E-state index in [-0.39, 0.29) is 0 Å². The monoisotopic (exact) mass is 199 g/mol. The predicted molar refractivity (Wildman–Crippen MR) is 65.6 cm³/mol. The normalized spacial score (nSPS) is 12.4. The van der Waals surface area contributed by atoms with Gasteiger partial charge < -0.3 is 5.32 Å². The van der Waals surface area contributed by atoms with Crippen LogP contribution >= 0.6 is 0 Å². The summed E-state index contributed by atoms with van der Waals surface area (Å²) < 4.78 is 0. The molecule has 0 aliphatic heterocycles. The molecule has 1 heteroatoms. The average Bonchev–Trinajstić information content (AvgIpc) is 2.16. The van der Waals surface area contributed by atoms with Gasteiger partial charge in [0.2, 0.25) is 0 Å². The van der Waals surface area contributed by atoms with Crippen LogP contribution in [0.3, 0.4) is 0 Å². The van der Waals surface area contributed by atoms with Crippen LogP contribution in [0.4, 0.5) is 0 Å². The third-order valence-electron chi connectivity index (χ3n) is 3.27. The van der Waals surface area contributed by atoms with Crippen LogP contribution in [0.2, 0.25) is 0 Å². The van der Waals surface area contributed by atoms with Gasteiger partial charge in [0.15, 0.2) is 0 Å². The van der Waals surface area contributed by atoms with E-state index in [4.69, 9.17) is 0 Å². The molecule has 0 saturated heterocycles. The fourth-order valence-corrected chi connectivity index (χ4v) is 2.26. The van der Waals surface area contributed by atoms with Gasteiger partial charge >= 0.3 is 0 Å². The minimum absolute atomic E-state index is 0.545. The maximum Gasteiger partial charge on any atom is 0.000770 e. The van der Waals surface area contributed by atoms with Gasteiger partial charge in [-0.1, -0.05) is 34.6 Å². The molecule has 0 unspecified atom stereocenters. The van der Waals surface area contributed by atoms with Crippen molar-refractivity contribution in [1.82, 2.24) is 5.32 Å². The highest BCUT2D eigenvalue weighted by molar-refractivity contribution is 4.80. The molecule has 0 fully saturated rings. The van der Waals surface area contributed by atoms with E-state index in [0.717, 1.165) is 5.92 Å². The minimum atomic E-state index is 0.545. The second-order valence-corrected chi connectivity index (χ2v) is 4.98. The molecule has 14 heavy (non-hydrogen) atoms. The molecule has 0 rings (SSSR count). The van der Waals surface area contributed by atoms with Crippen molar-refractivity contribution >= 4 is 0 Å². The number of hydrogen-bond acceptors (Lipinski definition) is 1. The lowest BCUT2D eigenvalue weighted by Gasteiger charge is -2.34. The zero-order chi connectivity index (χ0) is 11.0. The van der Waals surface area contributed by atoms with Crippen LogP contribution < -0.4 is 5.32 Å². The van der Waals surface area contributed by atoms with Crippen molar-refractivity contribution in [2.45, 2.75) is 60.3 Å². The molecule has 0 aromatic rings. The van der Waals surface area contributed by atoms with E-state index in [1.54, 1.807) is 0 Å². The van der Waals surface area contributed by atoms with E-state index in [1.165, 1.54) is 38.8 Å². The van der Waals surface area contributed by atoms with Gasteiger partial charge in [0.1, 0.15) is 0 Å². The molecular formula is C13H29N. The van der Waals surface area contributed by atoms with Crippen molar-refractivity contribution in [2.24, 2.45) is 11.3 Å². The molecule has 0 aromatic carbocycles. The van der Waals surface area contributed by atoms with Gasteiger partial charge in [0.05, 0.1) is 0 Å². The van der Waals surface area contributed by atoms with E-state index < -0.39 is 0 Å². The van der Waals surface area contributed by atoms with Crippen LogP contribution in [-0.4, -0.2) is 13.1 Å². The van der Waals surface area contributed by atoms with E-state index >= 15 is 0 Å². The Labute approximate surface area is 90.7 Å². The Morgan fingerprint density at radius 2 is 1.64 bits per heavy atom. The Morgan fingerprint density at radius 3 is 2.00 bits per heavy atom. The molecule has 0 saturated carbocycles. The summed E-state index contributed by atoms with van der Waals surface area (Å²) >= 11 is 0. The molecule has 1 nitrogen and oxygen atoms in total. The molecule has 0 bridgehead atoms. The second kappa shape index (κ2) is 7.28. The highest BCUT2D eigenvalue weighted by atomic mass is 14.9. The third kappa shape index (κ3) is 4.99. The molecule has 0 spiro atoms. The summed E-state index contributed by atoms with van der Waals surface area (Å²) in [6.07, 6.45) is 5.21. The van der Waals surface area contributed by atoms with Crippen molar-refractivity contribution in [3.63, 3.8) is 0 Å². The zero-order valence-electron chi connectivity index (χ0n) is 10.8. The predicted octanol–water partition coefficient (Wildman–Crippen LogP) is 3.84. The molecule has 0 aliphatic carbocycles. The van der Waals surface area contributed by atoms with Crippen molar-refractivity contribution in [3.8, 4) is 0 Å². The highest BCUT2D eigenvalue weighted by Crippen LogP contribution is 2.33. The fourth-order valence-electron chi connectivity index (χ4n) is 2.26. The van der Waals surface area contributed by atoms with Gasteiger partial charge in [-0.3, -0.25) is 0 Å². The van der Waals surface area contributed by atoms with Crippen LogP contribution in [0.5, 0.6) is 0 Å². The number of hydrogen-bond donors (Lipinski definition) is 1. The lowest BCUT2D eigenvalue weighted by Crippen LogP contribution is -2.35. The maximum atomic E-state index is 3.58. The summed E-state index contributed by atoms with van der Waals surface area (Å²) in [7, 11) is 0. The van der Waals surface area contributed by atoms with Crippen molar-refractivity contribution in [2.75, 3.05) is 13.1 Å². The first kappa shape index (κ1) is 14.0. The first-order valence-corrected chi connectivity index (χ1v) is 6.31. The summed E-state index contributed by atoms with van der Waals surface area (Å²) in [6.45, 7) is 13.9. The summed E-state index contributed by atoms with van der Waals surface area (Å²) in [5, 5.41) is 3.58. The van der Waals surface area contributed by atoms with Gasteiger partial charge in [0.25, 0.3) is 0 Å². The van der Waals surface area contributed by atoms with Crippen LogP contribution in [0, 0.1) is 11.3 Å². The second-order valence-electron chi connectivity index (χ2n) is 4.98. The molecule has 86 valence electrons. The Balaban J connectivity index is 4.07. The third-order valence-corrected chi connectivity index (χ3v) is 3.27. The van der Waals surface area contributed by atoms with E-state index in [9.17, 15) is 0 Å². The maximum absolute atomic E-state index is 3.58. The lowest BCUT2D eigenvalue weighted by atomic mass is 9.75. The first-order valence-electron chi connectivity index (χ1n) is 6.31. The van der Waals surface area contributed by atoms with Gasteiger partial charge in [-0.25, -0.2) is 0 Å². The Morgan fingerprint density at radius 1 is 1.07 bits per heavy atom. The van der Waals surface area contributed by atoms with Gasteiger partial charge in [-0.15, -0.1) is 0 Å². The summed E-state index contributed by atoms with van der Waals surface area (Å²) in [6, 6.07) is 0. The highest BCUT2D eigenvalue weighted by Gasteiger charge is 2.26. The Bertz CT molecular complexity index is 125. The van der Waals surface area contributed by atoms with Crippen molar-refractivity contribution < 1.29 is 0 Å². The summed E-state index contributed by atoms with van der Waals surface area (Å²) in [5.74, 6) is 0.818. The van der Waals surface area contributed by atoms with E-state index in [2.05, 4.69) is 39.9 Å². The first-order chi connectivity index (χ1) is 6.60. The largest absolute Gasteiger partial charge is 0.316 e. The standard InChI is InChI=1S/C13H29N/c1-6-9-14-11-13(7-2,8-3)10-12(4)5/h12,14H,6-11H2,1-5H3. The van der Waals surface area contributed by atoms with E-state index in [1.807, 2.05) is 0 Å². The smallest absolute Gasteiger partial charge is 0.000770 e. The van der Waals surface area contributed by atoms with Crippen LogP contribution in [0.1, 0.15) is 60.3 Å². The molecule has 0 aromatic heterocycles. The molecule has 0 radical (unpaired) electrons. The Hall–Kier alpha value is -0.0400. The molecule has 0 atom stereocenters. The summed E-state index contributed by atoms with van der Waals surface area (Å²) in [5.41, 5.74) is 0.545. The Kier molecular flexibility index (Phi) is 7.26. The van der Waals surface area contributed by atoms with E-state index in [0.29, 0.717) is 5.41 Å². The zero-order valence-corrected chi connectivity index (χ0v) is 10.8.